The molecule has 0 amide bonds. The van der Waals surface area contributed by atoms with Gasteiger partial charge in [-0.15, -0.1) is 0 Å². The smallest absolute Gasteiger partial charge is 0.431 e. The van der Waals surface area contributed by atoms with Gasteiger partial charge in [-0.3, -0.25) is 0 Å². The van der Waals surface area contributed by atoms with Crippen LogP contribution in [0.15, 0.2) is 0 Å². The van der Waals surface area contributed by atoms with E-state index in [1.165, 1.54) is 0 Å². The summed E-state index contributed by atoms with van der Waals surface area (Å²) in [6.07, 6.45) is 3.41. The molecule has 12 heavy (non-hydrogen) atoms. The first-order valence-electron chi connectivity index (χ1n) is 4.39. The van der Waals surface area contributed by atoms with E-state index in [9.17, 15) is 4.79 Å². The number of hydrogen-bond acceptors (Lipinski definition) is 3. The second-order valence-electron chi connectivity index (χ2n) is 3.20. The molecule has 0 bridgehead atoms. The normalized spacial score (nSPS) is 18.2. The van der Waals surface area contributed by atoms with Crippen LogP contribution < -0.4 is 0 Å². The Morgan fingerprint density at radius 3 is 2.58 bits per heavy atom. The van der Waals surface area contributed by atoms with Crippen LogP contribution in [0.5, 0.6) is 0 Å². The fraction of sp³-hybridized carbons (Fsp3) is 0.778. The van der Waals surface area contributed by atoms with Crippen LogP contribution in [0.1, 0.15) is 32.6 Å². The van der Waals surface area contributed by atoms with Crippen molar-refractivity contribution in [3.63, 3.8) is 0 Å². The zero-order chi connectivity index (χ0) is 8.97. The summed E-state index contributed by atoms with van der Waals surface area (Å²) in [4.78, 5) is 10.9. The van der Waals surface area contributed by atoms with Crippen molar-refractivity contribution in [1.82, 2.24) is 0 Å². The van der Waals surface area contributed by atoms with E-state index in [0.29, 0.717) is 0 Å². The monoisotopic (exact) mass is 171 g/mol. The number of carbonyl (C=O) groups is 1. The molecule has 3 heteroatoms. The lowest BCUT2D eigenvalue weighted by Crippen LogP contribution is -2.18. The molecule has 0 aromatic heterocycles. The third-order valence-corrected chi connectivity index (χ3v) is 1.86. The van der Waals surface area contributed by atoms with Gasteiger partial charge < -0.3 is 9.47 Å². The number of ether oxygens (including phenoxy) is 2. The van der Waals surface area contributed by atoms with Crippen LogP contribution >= 0.6 is 0 Å². The Hall–Kier alpha value is -0.730. The van der Waals surface area contributed by atoms with E-state index < -0.39 is 6.16 Å². The van der Waals surface area contributed by atoms with Gasteiger partial charge in [-0.25, -0.2) is 4.79 Å². The molecule has 1 aliphatic rings. The molecule has 1 rings (SSSR count). The number of rotatable bonds is 2. The molecule has 0 saturated heterocycles. The molecule has 1 fully saturated rings. The molecule has 0 heterocycles. The van der Waals surface area contributed by atoms with Crippen molar-refractivity contribution in [2.45, 2.75) is 44.8 Å². The van der Waals surface area contributed by atoms with Crippen LogP contribution in [0, 0.1) is 6.92 Å². The highest BCUT2D eigenvalue weighted by molar-refractivity contribution is 5.60. The first kappa shape index (κ1) is 9.36. The molecular weight excluding hydrogens is 156 g/mol. The molecule has 1 unspecified atom stereocenters. The lowest BCUT2D eigenvalue weighted by atomic mass is 10.3. The Morgan fingerprint density at radius 1 is 1.50 bits per heavy atom. The van der Waals surface area contributed by atoms with E-state index in [2.05, 4.69) is 6.92 Å². The minimum atomic E-state index is -0.579. The van der Waals surface area contributed by atoms with E-state index in [1.807, 2.05) is 0 Å². The van der Waals surface area contributed by atoms with Crippen molar-refractivity contribution in [3.05, 3.63) is 6.92 Å². The quantitative estimate of drug-likeness (QED) is 0.598. The predicted octanol–water partition coefficient (Wildman–Crippen LogP) is 2.30. The van der Waals surface area contributed by atoms with Gasteiger partial charge in [0.05, 0.1) is 0 Å². The summed E-state index contributed by atoms with van der Waals surface area (Å²) < 4.78 is 9.76. The highest BCUT2D eigenvalue weighted by Gasteiger charge is 2.20. The highest BCUT2D eigenvalue weighted by atomic mass is 16.7. The molecule has 1 aliphatic carbocycles. The van der Waals surface area contributed by atoms with E-state index >= 15 is 0 Å². The molecule has 0 aromatic carbocycles. The molecule has 0 spiro atoms. The van der Waals surface area contributed by atoms with Gasteiger partial charge in [0.1, 0.15) is 12.2 Å². The molecule has 3 nitrogen and oxygen atoms in total. The van der Waals surface area contributed by atoms with Crippen LogP contribution in [-0.2, 0) is 9.47 Å². The van der Waals surface area contributed by atoms with Crippen molar-refractivity contribution >= 4 is 6.16 Å². The molecule has 0 aromatic rings. The predicted molar refractivity (Wildman–Crippen MR) is 44.6 cm³/mol. The number of carbonyl (C=O) groups excluding carboxylic acids is 1. The van der Waals surface area contributed by atoms with Crippen LogP contribution in [0.3, 0.4) is 0 Å². The van der Waals surface area contributed by atoms with Gasteiger partial charge in [-0.1, -0.05) is 0 Å². The zero-order valence-corrected chi connectivity index (χ0v) is 7.41. The van der Waals surface area contributed by atoms with Gasteiger partial charge in [0.15, 0.2) is 0 Å². The van der Waals surface area contributed by atoms with Gasteiger partial charge in [-0.05, 0) is 39.5 Å². The minimum absolute atomic E-state index is 0.0799. The standard InChI is InChI=1S/C9H15O3/c1-7(2)11-9(10)12-8-5-3-4-6-8/h7-8H,1,3-6H2,2H3. The van der Waals surface area contributed by atoms with E-state index in [4.69, 9.17) is 9.47 Å². The summed E-state index contributed by atoms with van der Waals surface area (Å²) in [5.74, 6) is 0. The Bertz CT molecular complexity index is 148. The number of hydrogen-bond donors (Lipinski definition) is 0. The average Bonchev–Trinajstić information content (AvgIpc) is 2.37. The summed E-state index contributed by atoms with van der Waals surface area (Å²) in [5, 5.41) is 0. The highest BCUT2D eigenvalue weighted by Crippen LogP contribution is 2.21. The minimum Gasteiger partial charge on any atom is -0.431 e. The molecule has 1 atom stereocenters. The maximum absolute atomic E-state index is 10.9. The maximum atomic E-state index is 10.9. The zero-order valence-electron chi connectivity index (χ0n) is 7.41. The van der Waals surface area contributed by atoms with Gasteiger partial charge in [0, 0.05) is 0 Å². The Balaban J connectivity index is 2.16. The van der Waals surface area contributed by atoms with Crippen molar-refractivity contribution in [2.75, 3.05) is 0 Å². The summed E-state index contributed by atoms with van der Waals surface area (Å²) >= 11 is 0. The average molecular weight is 171 g/mol. The van der Waals surface area contributed by atoms with Crippen molar-refractivity contribution in [3.8, 4) is 0 Å². The van der Waals surface area contributed by atoms with Crippen LogP contribution in [0.25, 0.3) is 0 Å². The largest absolute Gasteiger partial charge is 0.508 e. The third-order valence-electron chi connectivity index (χ3n) is 1.86. The Morgan fingerprint density at radius 2 is 2.08 bits per heavy atom. The topological polar surface area (TPSA) is 35.5 Å². The van der Waals surface area contributed by atoms with Crippen LogP contribution in [0.2, 0.25) is 0 Å². The Kier molecular flexibility index (Phi) is 3.38. The molecule has 1 radical (unpaired) electrons. The second-order valence-corrected chi connectivity index (χ2v) is 3.20. The lowest BCUT2D eigenvalue weighted by molar-refractivity contribution is 0.0144. The summed E-state index contributed by atoms with van der Waals surface area (Å²) in [6, 6.07) is 0. The van der Waals surface area contributed by atoms with Gasteiger partial charge >= 0.3 is 6.16 Å². The van der Waals surface area contributed by atoms with Crippen molar-refractivity contribution in [1.29, 1.82) is 0 Å². The molecule has 0 N–H and O–H groups in total. The second kappa shape index (κ2) is 4.33. The SMILES string of the molecule is [CH2]C(C)OC(=O)OC1CCCC1. The summed E-state index contributed by atoms with van der Waals surface area (Å²) in [5.41, 5.74) is 0. The Labute approximate surface area is 73.0 Å². The lowest BCUT2D eigenvalue weighted by Gasteiger charge is -2.12. The van der Waals surface area contributed by atoms with Crippen molar-refractivity contribution < 1.29 is 14.3 Å². The van der Waals surface area contributed by atoms with Gasteiger partial charge in [0.25, 0.3) is 0 Å². The van der Waals surface area contributed by atoms with Crippen molar-refractivity contribution in [2.24, 2.45) is 0 Å². The van der Waals surface area contributed by atoms with Gasteiger partial charge in [0.2, 0.25) is 0 Å². The molecule has 1 saturated carbocycles. The van der Waals surface area contributed by atoms with E-state index in [-0.39, 0.29) is 12.2 Å². The van der Waals surface area contributed by atoms with E-state index in [0.717, 1.165) is 25.7 Å². The molecule has 0 aliphatic heterocycles. The first-order valence-corrected chi connectivity index (χ1v) is 4.39. The van der Waals surface area contributed by atoms with Crippen LogP contribution in [-0.4, -0.2) is 18.4 Å². The first-order chi connectivity index (χ1) is 5.68. The fourth-order valence-corrected chi connectivity index (χ4v) is 1.33. The third kappa shape index (κ3) is 3.11. The molecular formula is C9H15O3. The fourth-order valence-electron chi connectivity index (χ4n) is 1.33. The van der Waals surface area contributed by atoms with Crippen LogP contribution in [0.4, 0.5) is 4.79 Å². The maximum Gasteiger partial charge on any atom is 0.508 e. The summed E-state index contributed by atoms with van der Waals surface area (Å²) in [7, 11) is 0. The molecule has 69 valence electrons. The summed E-state index contributed by atoms with van der Waals surface area (Å²) in [6.45, 7) is 5.23. The van der Waals surface area contributed by atoms with E-state index in [1.54, 1.807) is 6.92 Å². The van der Waals surface area contributed by atoms with Gasteiger partial charge in [-0.2, -0.15) is 0 Å².